The molecular weight excluding hydrogens is 228 g/mol. The van der Waals surface area contributed by atoms with Gasteiger partial charge in [0, 0.05) is 38.8 Å². The molecule has 0 spiro atoms. The van der Waals surface area contributed by atoms with Gasteiger partial charge in [0.25, 0.3) is 0 Å². The average Bonchev–Trinajstić information content (AvgIpc) is 2.99. The first kappa shape index (κ1) is 12.4. The van der Waals surface area contributed by atoms with Crippen LogP contribution in [0.4, 0.5) is 0 Å². The van der Waals surface area contributed by atoms with Gasteiger partial charge in [-0.25, -0.2) is 0 Å². The minimum absolute atomic E-state index is 0.286. The second-order valence-corrected chi connectivity index (χ2v) is 6.26. The Morgan fingerprint density at radius 2 is 1.89 bits per heavy atom. The first-order valence-corrected chi connectivity index (χ1v) is 7.40. The van der Waals surface area contributed by atoms with Gasteiger partial charge < -0.3 is 10.0 Å². The Bertz CT molecular complexity index is 313. The molecule has 1 heterocycles. The second kappa shape index (κ2) is 5.17. The van der Waals surface area contributed by atoms with Gasteiger partial charge in [-0.1, -0.05) is 6.42 Å². The van der Waals surface area contributed by atoms with E-state index in [0.717, 1.165) is 50.6 Å². The first-order valence-electron chi connectivity index (χ1n) is 7.40. The zero-order valence-electron chi connectivity index (χ0n) is 11.1. The summed E-state index contributed by atoms with van der Waals surface area (Å²) >= 11 is 0. The molecule has 0 radical (unpaired) electrons. The van der Waals surface area contributed by atoms with Crippen molar-refractivity contribution in [3.63, 3.8) is 0 Å². The summed E-state index contributed by atoms with van der Waals surface area (Å²) in [5, 5.41) is 8.70. The van der Waals surface area contributed by atoms with Crippen molar-refractivity contribution >= 4 is 5.97 Å². The van der Waals surface area contributed by atoms with Gasteiger partial charge in [-0.05, 0) is 31.1 Å². The maximum atomic E-state index is 10.6. The fourth-order valence-corrected chi connectivity index (χ4v) is 4.23. The fourth-order valence-electron chi connectivity index (χ4n) is 4.23. The topological polar surface area (TPSA) is 43.8 Å². The van der Waals surface area contributed by atoms with E-state index < -0.39 is 5.97 Å². The Morgan fingerprint density at radius 3 is 2.44 bits per heavy atom. The number of carbonyl (C=O) groups is 1. The van der Waals surface area contributed by atoms with Gasteiger partial charge in [-0.15, -0.1) is 0 Å². The highest BCUT2D eigenvalue weighted by Gasteiger charge is 2.42. The third-order valence-corrected chi connectivity index (χ3v) is 5.22. The number of piperazine rings is 1. The standard InChI is InChI=1S/C14H24N2O2/c17-14(18)3-4-15-5-7-16(8-6-15)13-10-11-1-2-12(13)9-11/h11-13H,1-10H2,(H,17,18). The molecule has 0 aromatic carbocycles. The lowest BCUT2D eigenvalue weighted by atomic mass is 9.93. The van der Waals surface area contributed by atoms with Crippen LogP contribution in [0.15, 0.2) is 0 Å². The third kappa shape index (κ3) is 2.54. The molecule has 2 aliphatic carbocycles. The fraction of sp³-hybridized carbons (Fsp3) is 0.929. The van der Waals surface area contributed by atoms with Crippen LogP contribution in [-0.2, 0) is 4.79 Å². The van der Waals surface area contributed by atoms with Gasteiger partial charge in [-0.2, -0.15) is 0 Å². The maximum absolute atomic E-state index is 10.6. The highest BCUT2D eigenvalue weighted by molar-refractivity contribution is 5.66. The van der Waals surface area contributed by atoms with Crippen molar-refractivity contribution in [1.29, 1.82) is 0 Å². The zero-order valence-corrected chi connectivity index (χ0v) is 11.1. The van der Waals surface area contributed by atoms with Crippen LogP contribution in [0, 0.1) is 11.8 Å². The number of nitrogens with zero attached hydrogens (tertiary/aromatic N) is 2. The van der Waals surface area contributed by atoms with Gasteiger partial charge in [0.2, 0.25) is 0 Å². The SMILES string of the molecule is O=C(O)CCN1CCN(C2CC3CCC2C3)CC1. The lowest BCUT2D eigenvalue weighted by molar-refractivity contribution is -0.137. The number of carboxylic acids is 1. The van der Waals surface area contributed by atoms with E-state index in [-0.39, 0.29) is 6.42 Å². The van der Waals surface area contributed by atoms with Crippen molar-refractivity contribution in [2.45, 2.75) is 38.1 Å². The monoisotopic (exact) mass is 252 g/mol. The summed E-state index contributed by atoms with van der Waals surface area (Å²) < 4.78 is 0. The predicted octanol–water partition coefficient (Wildman–Crippen LogP) is 1.27. The van der Waals surface area contributed by atoms with E-state index in [0.29, 0.717) is 0 Å². The van der Waals surface area contributed by atoms with E-state index in [1.807, 2.05) is 0 Å². The number of hydrogen-bond acceptors (Lipinski definition) is 3. The highest BCUT2D eigenvalue weighted by Crippen LogP contribution is 2.46. The average molecular weight is 252 g/mol. The van der Waals surface area contributed by atoms with Crippen LogP contribution in [0.5, 0.6) is 0 Å². The van der Waals surface area contributed by atoms with E-state index >= 15 is 0 Å². The number of hydrogen-bond donors (Lipinski definition) is 1. The van der Waals surface area contributed by atoms with E-state index in [1.54, 1.807) is 0 Å². The molecule has 4 nitrogen and oxygen atoms in total. The quantitative estimate of drug-likeness (QED) is 0.818. The van der Waals surface area contributed by atoms with Crippen molar-refractivity contribution in [2.75, 3.05) is 32.7 Å². The Kier molecular flexibility index (Phi) is 3.57. The van der Waals surface area contributed by atoms with Crippen molar-refractivity contribution in [3.05, 3.63) is 0 Å². The summed E-state index contributed by atoms with van der Waals surface area (Å²) in [5.41, 5.74) is 0. The lowest BCUT2D eigenvalue weighted by Gasteiger charge is -2.40. The Morgan fingerprint density at radius 1 is 1.11 bits per heavy atom. The summed E-state index contributed by atoms with van der Waals surface area (Å²) in [7, 11) is 0. The summed E-state index contributed by atoms with van der Waals surface area (Å²) in [6.07, 6.45) is 6.12. The van der Waals surface area contributed by atoms with Gasteiger partial charge in [0.1, 0.15) is 0 Å². The van der Waals surface area contributed by atoms with E-state index in [9.17, 15) is 4.79 Å². The predicted molar refractivity (Wildman–Crippen MR) is 69.5 cm³/mol. The molecule has 102 valence electrons. The Hall–Kier alpha value is -0.610. The van der Waals surface area contributed by atoms with Gasteiger partial charge in [0.05, 0.1) is 6.42 Å². The van der Waals surface area contributed by atoms with Gasteiger partial charge >= 0.3 is 5.97 Å². The van der Waals surface area contributed by atoms with Crippen LogP contribution in [0.2, 0.25) is 0 Å². The van der Waals surface area contributed by atoms with Crippen LogP contribution in [-0.4, -0.2) is 59.6 Å². The molecule has 3 fully saturated rings. The molecule has 4 heteroatoms. The molecule has 18 heavy (non-hydrogen) atoms. The van der Waals surface area contributed by atoms with Crippen LogP contribution < -0.4 is 0 Å². The molecule has 3 unspecified atom stereocenters. The van der Waals surface area contributed by atoms with Crippen molar-refractivity contribution in [3.8, 4) is 0 Å². The van der Waals surface area contributed by atoms with Crippen molar-refractivity contribution in [2.24, 2.45) is 11.8 Å². The van der Waals surface area contributed by atoms with Gasteiger partial charge in [-0.3, -0.25) is 9.69 Å². The molecule has 1 N–H and O–H groups in total. The molecule has 3 atom stereocenters. The van der Waals surface area contributed by atoms with E-state index in [4.69, 9.17) is 5.11 Å². The summed E-state index contributed by atoms with van der Waals surface area (Å²) in [6, 6.07) is 0.852. The molecule has 2 bridgehead atoms. The third-order valence-electron chi connectivity index (χ3n) is 5.22. The number of rotatable bonds is 4. The van der Waals surface area contributed by atoms with Crippen molar-refractivity contribution in [1.82, 2.24) is 9.80 Å². The molecule has 1 saturated heterocycles. The lowest BCUT2D eigenvalue weighted by Crippen LogP contribution is -2.51. The Labute approximate surface area is 109 Å². The van der Waals surface area contributed by atoms with Crippen LogP contribution in [0.3, 0.4) is 0 Å². The second-order valence-electron chi connectivity index (χ2n) is 6.26. The minimum atomic E-state index is -0.675. The zero-order chi connectivity index (χ0) is 12.5. The van der Waals surface area contributed by atoms with Crippen LogP contribution in [0.25, 0.3) is 0 Å². The van der Waals surface area contributed by atoms with Crippen LogP contribution in [0.1, 0.15) is 32.1 Å². The van der Waals surface area contributed by atoms with Crippen molar-refractivity contribution < 1.29 is 9.90 Å². The maximum Gasteiger partial charge on any atom is 0.304 e. The molecule has 0 amide bonds. The largest absolute Gasteiger partial charge is 0.481 e. The molecule has 1 aliphatic heterocycles. The summed E-state index contributed by atoms with van der Waals surface area (Å²) in [4.78, 5) is 15.6. The summed E-state index contributed by atoms with van der Waals surface area (Å²) in [6.45, 7) is 5.13. The molecule has 2 saturated carbocycles. The minimum Gasteiger partial charge on any atom is -0.481 e. The van der Waals surface area contributed by atoms with Gasteiger partial charge in [0.15, 0.2) is 0 Å². The number of fused-ring (bicyclic) bond motifs is 2. The molecule has 0 aromatic rings. The highest BCUT2D eigenvalue weighted by atomic mass is 16.4. The molecule has 3 aliphatic rings. The smallest absolute Gasteiger partial charge is 0.304 e. The molecular formula is C14H24N2O2. The van der Waals surface area contributed by atoms with E-state index in [2.05, 4.69) is 9.80 Å². The van der Waals surface area contributed by atoms with E-state index in [1.165, 1.54) is 25.7 Å². The normalized spacial score (nSPS) is 37.2. The summed E-state index contributed by atoms with van der Waals surface area (Å²) in [5.74, 6) is 1.32. The van der Waals surface area contributed by atoms with Crippen LogP contribution >= 0.6 is 0 Å². The first-order chi connectivity index (χ1) is 8.72. The number of carboxylic acid groups (broad SMARTS) is 1. The molecule has 0 aromatic heterocycles. The number of aliphatic carboxylic acids is 1. The molecule has 3 rings (SSSR count). The Balaban J connectivity index is 1.44.